The van der Waals surface area contributed by atoms with Crippen LogP contribution in [-0.4, -0.2) is 46.6 Å². The number of alkyl halides is 2. The standard InChI is InChI=1S/C14H20F2N2O2/c15-13(16)10-17(8-9-19)14(20)12-6-3-7-18(12)11-4-1-2-5-11/h3,6-7,11,13,19H,1-2,4-5,8-10H2. The molecule has 1 aromatic rings. The van der Waals surface area contributed by atoms with Gasteiger partial charge < -0.3 is 14.6 Å². The van der Waals surface area contributed by atoms with Crippen molar-refractivity contribution in [3.8, 4) is 0 Å². The number of halogens is 2. The number of aromatic nitrogens is 1. The fourth-order valence-corrected chi connectivity index (χ4v) is 2.80. The van der Waals surface area contributed by atoms with E-state index in [1.807, 2.05) is 10.8 Å². The molecule has 6 heteroatoms. The zero-order valence-electron chi connectivity index (χ0n) is 11.3. The Morgan fingerprint density at radius 2 is 2.15 bits per heavy atom. The van der Waals surface area contributed by atoms with Crippen LogP contribution >= 0.6 is 0 Å². The largest absolute Gasteiger partial charge is 0.395 e. The molecule has 20 heavy (non-hydrogen) atoms. The maximum atomic E-state index is 12.5. The van der Waals surface area contributed by atoms with E-state index in [4.69, 9.17) is 5.11 Å². The Hall–Kier alpha value is -1.43. The van der Waals surface area contributed by atoms with Gasteiger partial charge in [0.2, 0.25) is 0 Å². The molecular formula is C14H20F2N2O2. The molecule has 1 N–H and O–H groups in total. The van der Waals surface area contributed by atoms with Crippen molar-refractivity contribution in [2.24, 2.45) is 0 Å². The summed E-state index contributed by atoms with van der Waals surface area (Å²) in [5.41, 5.74) is 0.436. The van der Waals surface area contributed by atoms with Crippen LogP contribution in [0, 0.1) is 0 Å². The summed E-state index contributed by atoms with van der Waals surface area (Å²) < 4.78 is 27.0. The number of nitrogens with zero attached hydrogens (tertiary/aromatic N) is 2. The summed E-state index contributed by atoms with van der Waals surface area (Å²) in [6.07, 6.45) is 3.54. The Morgan fingerprint density at radius 3 is 2.75 bits per heavy atom. The highest BCUT2D eigenvalue weighted by Crippen LogP contribution is 2.31. The van der Waals surface area contributed by atoms with Gasteiger partial charge in [0.15, 0.2) is 0 Å². The summed E-state index contributed by atoms with van der Waals surface area (Å²) >= 11 is 0. The van der Waals surface area contributed by atoms with Crippen molar-refractivity contribution in [1.29, 1.82) is 0 Å². The molecule has 0 radical (unpaired) electrons. The van der Waals surface area contributed by atoms with Gasteiger partial charge in [0.05, 0.1) is 13.2 Å². The molecule has 1 heterocycles. The van der Waals surface area contributed by atoms with E-state index in [0.717, 1.165) is 30.6 Å². The van der Waals surface area contributed by atoms with Crippen LogP contribution in [0.3, 0.4) is 0 Å². The van der Waals surface area contributed by atoms with Gasteiger partial charge >= 0.3 is 0 Å². The topological polar surface area (TPSA) is 45.5 Å². The first kappa shape index (κ1) is 15.0. The predicted molar refractivity (Wildman–Crippen MR) is 70.9 cm³/mol. The van der Waals surface area contributed by atoms with Crippen LogP contribution in [0.15, 0.2) is 18.3 Å². The molecule has 0 spiro atoms. The van der Waals surface area contributed by atoms with E-state index in [0.29, 0.717) is 5.69 Å². The van der Waals surface area contributed by atoms with Crippen molar-refractivity contribution >= 4 is 5.91 Å². The van der Waals surface area contributed by atoms with Gasteiger partial charge in [-0.05, 0) is 25.0 Å². The second kappa shape index (κ2) is 6.83. The molecule has 1 amide bonds. The Bertz CT molecular complexity index is 442. The van der Waals surface area contributed by atoms with Crippen LogP contribution in [0.2, 0.25) is 0 Å². The monoisotopic (exact) mass is 286 g/mol. The van der Waals surface area contributed by atoms with E-state index in [-0.39, 0.29) is 19.2 Å². The molecule has 1 aliphatic carbocycles. The number of amides is 1. The number of hydrogen-bond acceptors (Lipinski definition) is 2. The van der Waals surface area contributed by atoms with E-state index < -0.39 is 18.9 Å². The first-order valence-electron chi connectivity index (χ1n) is 6.98. The summed E-state index contributed by atoms with van der Waals surface area (Å²) in [6.45, 7) is -1.03. The normalized spacial score (nSPS) is 16.0. The van der Waals surface area contributed by atoms with Crippen LogP contribution < -0.4 is 0 Å². The van der Waals surface area contributed by atoms with Crippen molar-refractivity contribution in [2.75, 3.05) is 19.7 Å². The number of hydrogen-bond donors (Lipinski definition) is 1. The SMILES string of the molecule is O=C(c1cccn1C1CCCC1)N(CCO)CC(F)F. The van der Waals surface area contributed by atoms with Crippen molar-refractivity contribution in [3.63, 3.8) is 0 Å². The third-order valence-electron chi connectivity index (χ3n) is 3.73. The molecule has 0 aliphatic heterocycles. The third kappa shape index (κ3) is 3.36. The summed E-state index contributed by atoms with van der Waals surface area (Å²) in [5, 5.41) is 8.93. The molecule has 1 aliphatic rings. The van der Waals surface area contributed by atoms with Gasteiger partial charge in [0.25, 0.3) is 12.3 Å². The van der Waals surface area contributed by atoms with Crippen LogP contribution in [0.25, 0.3) is 0 Å². The highest BCUT2D eigenvalue weighted by Gasteiger charge is 2.25. The molecule has 112 valence electrons. The number of rotatable bonds is 6. The van der Waals surface area contributed by atoms with Gasteiger partial charge in [-0.3, -0.25) is 4.79 Å². The molecule has 1 fully saturated rings. The Labute approximate surface area is 117 Å². The Balaban J connectivity index is 2.16. The average molecular weight is 286 g/mol. The highest BCUT2D eigenvalue weighted by molar-refractivity contribution is 5.92. The zero-order valence-corrected chi connectivity index (χ0v) is 11.3. The molecule has 0 aromatic carbocycles. The van der Waals surface area contributed by atoms with Crippen LogP contribution in [0.4, 0.5) is 8.78 Å². The number of aliphatic hydroxyl groups is 1. The van der Waals surface area contributed by atoms with E-state index in [1.165, 1.54) is 0 Å². The first-order valence-corrected chi connectivity index (χ1v) is 6.98. The van der Waals surface area contributed by atoms with Gasteiger partial charge in [-0.15, -0.1) is 0 Å². The maximum absolute atomic E-state index is 12.5. The van der Waals surface area contributed by atoms with Gasteiger partial charge in [0, 0.05) is 18.8 Å². The highest BCUT2D eigenvalue weighted by atomic mass is 19.3. The molecule has 1 saturated carbocycles. The molecule has 0 atom stereocenters. The summed E-state index contributed by atoms with van der Waals surface area (Å²) in [6, 6.07) is 3.72. The number of carbonyl (C=O) groups is 1. The van der Waals surface area contributed by atoms with E-state index in [2.05, 4.69) is 0 Å². The second-order valence-corrected chi connectivity index (χ2v) is 5.10. The summed E-state index contributed by atoms with van der Waals surface area (Å²) in [5.74, 6) is -0.434. The minimum absolute atomic E-state index is 0.0704. The van der Waals surface area contributed by atoms with E-state index in [9.17, 15) is 13.6 Å². The number of carbonyl (C=O) groups excluding carboxylic acids is 1. The molecule has 0 saturated heterocycles. The molecule has 0 unspecified atom stereocenters. The van der Waals surface area contributed by atoms with Crippen LogP contribution in [-0.2, 0) is 0 Å². The lowest BCUT2D eigenvalue weighted by Gasteiger charge is -2.23. The van der Waals surface area contributed by atoms with Gasteiger partial charge in [-0.1, -0.05) is 12.8 Å². The number of aliphatic hydroxyl groups excluding tert-OH is 1. The van der Waals surface area contributed by atoms with Crippen molar-refractivity contribution < 1.29 is 18.7 Å². The molecule has 1 aromatic heterocycles. The Kier molecular flexibility index (Phi) is 5.11. The van der Waals surface area contributed by atoms with Crippen LogP contribution in [0.1, 0.15) is 42.2 Å². The second-order valence-electron chi connectivity index (χ2n) is 5.10. The van der Waals surface area contributed by atoms with E-state index >= 15 is 0 Å². The fraction of sp³-hybridized carbons (Fsp3) is 0.643. The quantitative estimate of drug-likeness (QED) is 0.872. The zero-order chi connectivity index (χ0) is 14.5. The predicted octanol–water partition coefficient (Wildman–Crippen LogP) is 2.30. The van der Waals surface area contributed by atoms with Gasteiger partial charge in [-0.2, -0.15) is 0 Å². The van der Waals surface area contributed by atoms with Crippen LogP contribution in [0.5, 0.6) is 0 Å². The minimum atomic E-state index is -2.60. The first-order chi connectivity index (χ1) is 9.63. The van der Waals surface area contributed by atoms with E-state index in [1.54, 1.807) is 12.1 Å². The molecule has 2 rings (SSSR count). The minimum Gasteiger partial charge on any atom is -0.395 e. The average Bonchev–Trinajstić information content (AvgIpc) is 3.07. The van der Waals surface area contributed by atoms with Crippen molar-refractivity contribution in [1.82, 2.24) is 9.47 Å². The lowest BCUT2D eigenvalue weighted by atomic mass is 10.2. The molecule has 4 nitrogen and oxygen atoms in total. The maximum Gasteiger partial charge on any atom is 0.270 e. The summed E-state index contributed by atoms with van der Waals surface area (Å²) in [7, 11) is 0. The van der Waals surface area contributed by atoms with Gasteiger partial charge in [0.1, 0.15) is 5.69 Å². The third-order valence-corrected chi connectivity index (χ3v) is 3.73. The van der Waals surface area contributed by atoms with Gasteiger partial charge in [-0.25, -0.2) is 8.78 Å². The van der Waals surface area contributed by atoms with Crippen molar-refractivity contribution in [2.45, 2.75) is 38.2 Å². The fourth-order valence-electron chi connectivity index (χ4n) is 2.80. The lowest BCUT2D eigenvalue weighted by molar-refractivity contribution is 0.0498. The smallest absolute Gasteiger partial charge is 0.270 e. The van der Waals surface area contributed by atoms with Crippen molar-refractivity contribution in [3.05, 3.63) is 24.0 Å². The summed E-state index contributed by atoms with van der Waals surface area (Å²) in [4.78, 5) is 13.4. The Morgan fingerprint density at radius 1 is 1.45 bits per heavy atom. The molecular weight excluding hydrogens is 266 g/mol. The lowest BCUT2D eigenvalue weighted by Crippen LogP contribution is -2.38. The molecule has 0 bridgehead atoms.